The van der Waals surface area contributed by atoms with Gasteiger partial charge in [0, 0.05) is 32.0 Å². The molecule has 86 valence electrons. The topological polar surface area (TPSA) is 59.3 Å². The standard InChI is InChI=1S/C10H19N3O2/c1-8-9(6-12-13(8)2)10(7-14)11-4-5-15-3/h6,10-11,14H,4-5,7H2,1-3H3. The number of aliphatic hydroxyl groups excluding tert-OH is 1. The molecule has 0 bridgehead atoms. The molecule has 0 aliphatic rings. The lowest BCUT2D eigenvalue weighted by Crippen LogP contribution is -2.28. The van der Waals surface area contributed by atoms with E-state index in [0.717, 1.165) is 17.8 Å². The van der Waals surface area contributed by atoms with Crippen LogP contribution in [0.25, 0.3) is 0 Å². The van der Waals surface area contributed by atoms with Crippen LogP contribution in [-0.4, -0.2) is 41.8 Å². The first-order valence-electron chi connectivity index (χ1n) is 5.02. The predicted molar refractivity (Wildman–Crippen MR) is 57.7 cm³/mol. The molecule has 1 aromatic heterocycles. The second-order valence-corrected chi connectivity index (χ2v) is 3.49. The van der Waals surface area contributed by atoms with Crippen molar-refractivity contribution in [3.63, 3.8) is 0 Å². The Morgan fingerprint density at radius 1 is 1.67 bits per heavy atom. The Labute approximate surface area is 90.1 Å². The lowest BCUT2D eigenvalue weighted by molar-refractivity contribution is 0.184. The monoisotopic (exact) mass is 213 g/mol. The molecule has 0 aliphatic carbocycles. The van der Waals surface area contributed by atoms with Gasteiger partial charge in [0.25, 0.3) is 0 Å². The summed E-state index contributed by atoms with van der Waals surface area (Å²) in [5, 5.41) is 16.6. The van der Waals surface area contributed by atoms with E-state index in [1.54, 1.807) is 18.0 Å². The molecular weight excluding hydrogens is 194 g/mol. The van der Waals surface area contributed by atoms with Crippen LogP contribution in [0.4, 0.5) is 0 Å². The first kappa shape index (κ1) is 12.2. The molecule has 15 heavy (non-hydrogen) atoms. The van der Waals surface area contributed by atoms with Crippen LogP contribution in [0.2, 0.25) is 0 Å². The number of nitrogens with one attached hydrogen (secondary N) is 1. The molecule has 1 unspecified atom stereocenters. The number of aliphatic hydroxyl groups is 1. The molecule has 0 spiro atoms. The van der Waals surface area contributed by atoms with Crippen molar-refractivity contribution in [2.45, 2.75) is 13.0 Å². The highest BCUT2D eigenvalue weighted by molar-refractivity contribution is 5.20. The summed E-state index contributed by atoms with van der Waals surface area (Å²) in [4.78, 5) is 0. The largest absolute Gasteiger partial charge is 0.394 e. The van der Waals surface area contributed by atoms with E-state index in [1.807, 2.05) is 14.0 Å². The van der Waals surface area contributed by atoms with Crippen LogP contribution in [0.3, 0.4) is 0 Å². The second-order valence-electron chi connectivity index (χ2n) is 3.49. The third-order valence-corrected chi connectivity index (χ3v) is 2.53. The number of ether oxygens (including phenoxy) is 1. The van der Waals surface area contributed by atoms with Crippen molar-refractivity contribution < 1.29 is 9.84 Å². The first-order chi connectivity index (χ1) is 7.20. The quantitative estimate of drug-likeness (QED) is 0.653. The SMILES string of the molecule is COCCNC(CO)c1cnn(C)c1C. The Hall–Kier alpha value is -0.910. The highest BCUT2D eigenvalue weighted by Crippen LogP contribution is 2.15. The minimum absolute atomic E-state index is 0.0613. The van der Waals surface area contributed by atoms with Gasteiger partial charge in [0.15, 0.2) is 0 Å². The summed E-state index contributed by atoms with van der Waals surface area (Å²) in [6, 6.07) is -0.0613. The molecule has 0 aromatic carbocycles. The molecule has 0 fully saturated rings. The van der Waals surface area contributed by atoms with E-state index in [2.05, 4.69) is 10.4 Å². The van der Waals surface area contributed by atoms with Crippen LogP contribution < -0.4 is 5.32 Å². The Kier molecular flexibility index (Phi) is 4.74. The first-order valence-corrected chi connectivity index (χ1v) is 5.02. The van der Waals surface area contributed by atoms with Gasteiger partial charge in [-0.25, -0.2) is 0 Å². The van der Waals surface area contributed by atoms with Gasteiger partial charge in [0.05, 0.1) is 25.5 Å². The molecule has 0 saturated carbocycles. The van der Waals surface area contributed by atoms with Crippen LogP contribution in [0.5, 0.6) is 0 Å². The van der Waals surface area contributed by atoms with E-state index in [-0.39, 0.29) is 12.6 Å². The second kappa shape index (κ2) is 5.85. The van der Waals surface area contributed by atoms with Gasteiger partial charge >= 0.3 is 0 Å². The lowest BCUT2D eigenvalue weighted by atomic mass is 10.1. The fourth-order valence-corrected chi connectivity index (χ4v) is 1.47. The van der Waals surface area contributed by atoms with Gasteiger partial charge in [-0.1, -0.05) is 0 Å². The van der Waals surface area contributed by atoms with Gasteiger partial charge in [0.2, 0.25) is 0 Å². The van der Waals surface area contributed by atoms with Crippen LogP contribution in [-0.2, 0) is 11.8 Å². The number of methoxy groups -OCH3 is 1. The van der Waals surface area contributed by atoms with Gasteiger partial charge in [-0.05, 0) is 6.92 Å². The number of rotatable bonds is 6. The van der Waals surface area contributed by atoms with Crippen molar-refractivity contribution in [3.8, 4) is 0 Å². The Morgan fingerprint density at radius 3 is 2.87 bits per heavy atom. The van der Waals surface area contributed by atoms with E-state index in [9.17, 15) is 5.11 Å². The maximum atomic E-state index is 9.27. The van der Waals surface area contributed by atoms with E-state index in [0.29, 0.717) is 6.61 Å². The van der Waals surface area contributed by atoms with Crippen LogP contribution in [0.1, 0.15) is 17.3 Å². The molecule has 1 atom stereocenters. The Bertz CT molecular complexity index is 299. The molecule has 1 rings (SSSR count). The average Bonchev–Trinajstić information content (AvgIpc) is 2.56. The number of nitrogens with zero attached hydrogens (tertiary/aromatic N) is 2. The predicted octanol–water partition coefficient (Wildman–Crippen LogP) is -0.00208. The molecule has 0 radical (unpaired) electrons. The van der Waals surface area contributed by atoms with Gasteiger partial charge in [-0.15, -0.1) is 0 Å². The smallest absolute Gasteiger partial charge is 0.0627 e. The van der Waals surface area contributed by atoms with Gasteiger partial charge < -0.3 is 15.2 Å². The lowest BCUT2D eigenvalue weighted by Gasteiger charge is -2.15. The van der Waals surface area contributed by atoms with E-state index >= 15 is 0 Å². The van der Waals surface area contributed by atoms with E-state index in [4.69, 9.17) is 4.74 Å². The molecule has 1 aromatic rings. The van der Waals surface area contributed by atoms with Crippen molar-refractivity contribution in [1.29, 1.82) is 0 Å². The number of aryl methyl sites for hydroxylation is 1. The summed E-state index contributed by atoms with van der Waals surface area (Å²) in [5.41, 5.74) is 2.11. The summed E-state index contributed by atoms with van der Waals surface area (Å²) < 4.78 is 6.74. The minimum atomic E-state index is -0.0613. The summed E-state index contributed by atoms with van der Waals surface area (Å²) in [7, 11) is 3.55. The maximum absolute atomic E-state index is 9.27. The Morgan fingerprint density at radius 2 is 2.40 bits per heavy atom. The summed E-state index contributed by atoms with van der Waals surface area (Å²) in [5.74, 6) is 0. The molecule has 0 amide bonds. The van der Waals surface area contributed by atoms with E-state index in [1.165, 1.54) is 0 Å². The highest BCUT2D eigenvalue weighted by atomic mass is 16.5. The fraction of sp³-hybridized carbons (Fsp3) is 0.700. The molecule has 0 aliphatic heterocycles. The number of aromatic nitrogens is 2. The molecular formula is C10H19N3O2. The Balaban J connectivity index is 2.61. The fourth-order valence-electron chi connectivity index (χ4n) is 1.47. The normalized spacial score (nSPS) is 13.1. The third-order valence-electron chi connectivity index (χ3n) is 2.53. The zero-order valence-corrected chi connectivity index (χ0v) is 9.53. The highest BCUT2D eigenvalue weighted by Gasteiger charge is 2.14. The van der Waals surface area contributed by atoms with Crippen LogP contribution >= 0.6 is 0 Å². The zero-order valence-electron chi connectivity index (χ0n) is 9.53. The van der Waals surface area contributed by atoms with Crippen molar-refractivity contribution in [3.05, 3.63) is 17.5 Å². The van der Waals surface area contributed by atoms with Crippen LogP contribution in [0, 0.1) is 6.92 Å². The molecule has 2 N–H and O–H groups in total. The zero-order chi connectivity index (χ0) is 11.3. The number of hydrogen-bond acceptors (Lipinski definition) is 4. The van der Waals surface area contributed by atoms with Crippen LogP contribution in [0.15, 0.2) is 6.20 Å². The van der Waals surface area contributed by atoms with Crippen molar-refractivity contribution >= 4 is 0 Å². The third kappa shape index (κ3) is 3.02. The average molecular weight is 213 g/mol. The number of hydrogen-bond donors (Lipinski definition) is 2. The molecule has 1 heterocycles. The summed E-state index contributed by atoms with van der Waals surface area (Å²) in [6.45, 7) is 3.41. The van der Waals surface area contributed by atoms with Gasteiger partial charge in [-0.3, -0.25) is 4.68 Å². The molecule has 5 heteroatoms. The van der Waals surface area contributed by atoms with Gasteiger partial charge in [0.1, 0.15) is 0 Å². The molecule has 5 nitrogen and oxygen atoms in total. The molecule has 0 saturated heterocycles. The van der Waals surface area contributed by atoms with Crippen molar-refractivity contribution in [1.82, 2.24) is 15.1 Å². The van der Waals surface area contributed by atoms with Crippen molar-refractivity contribution in [2.24, 2.45) is 7.05 Å². The van der Waals surface area contributed by atoms with E-state index < -0.39 is 0 Å². The van der Waals surface area contributed by atoms with Gasteiger partial charge in [-0.2, -0.15) is 5.10 Å². The summed E-state index contributed by atoms with van der Waals surface area (Å²) >= 11 is 0. The van der Waals surface area contributed by atoms with Crippen molar-refractivity contribution in [2.75, 3.05) is 26.9 Å². The summed E-state index contributed by atoms with van der Waals surface area (Å²) in [6.07, 6.45) is 1.79. The minimum Gasteiger partial charge on any atom is -0.394 e. The maximum Gasteiger partial charge on any atom is 0.0627 e.